The maximum atomic E-state index is 12.8. The van der Waals surface area contributed by atoms with Crippen molar-refractivity contribution in [2.45, 2.75) is 13.8 Å². The monoisotopic (exact) mass is 367 g/mol. The minimum Gasteiger partial charge on any atom is -0.492 e. The summed E-state index contributed by atoms with van der Waals surface area (Å²) in [6, 6.07) is 17.1. The lowest BCUT2D eigenvalue weighted by Crippen LogP contribution is -2.34. The van der Waals surface area contributed by atoms with E-state index < -0.39 is 0 Å². The Balaban J connectivity index is 1.79. The SMILES string of the molecule is CCOc1ccccc1NC(=O)N(CC)c1nc(-c2ccccc2)cs1. The number of para-hydroxylation sites is 2. The standard InChI is InChI=1S/C20H21N3O2S/c1-3-23(19(24)21-16-12-8-9-13-18(16)25-4-2)20-22-17(14-26-20)15-10-6-5-7-11-15/h5-14H,3-4H2,1-2H3,(H,21,24). The molecule has 0 aliphatic rings. The lowest BCUT2D eigenvalue weighted by atomic mass is 10.2. The van der Waals surface area contributed by atoms with Gasteiger partial charge in [-0.3, -0.25) is 4.90 Å². The van der Waals surface area contributed by atoms with Gasteiger partial charge in [0.15, 0.2) is 5.13 Å². The zero-order chi connectivity index (χ0) is 18.4. The van der Waals surface area contributed by atoms with E-state index in [0.717, 1.165) is 11.3 Å². The first kappa shape index (κ1) is 17.9. The number of aromatic nitrogens is 1. The predicted molar refractivity (Wildman–Crippen MR) is 107 cm³/mol. The summed E-state index contributed by atoms with van der Waals surface area (Å²) < 4.78 is 5.57. The van der Waals surface area contributed by atoms with Crippen LogP contribution in [0.25, 0.3) is 11.3 Å². The molecule has 5 nitrogen and oxygen atoms in total. The average Bonchev–Trinajstić information content (AvgIpc) is 3.15. The van der Waals surface area contributed by atoms with Crippen LogP contribution in [0.4, 0.5) is 15.6 Å². The number of nitrogens with zero attached hydrogens (tertiary/aromatic N) is 2. The summed E-state index contributed by atoms with van der Waals surface area (Å²) in [5, 5.41) is 5.55. The first-order valence-electron chi connectivity index (χ1n) is 8.54. The highest BCUT2D eigenvalue weighted by Gasteiger charge is 2.19. The van der Waals surface area contributed by atoms with E-state index in [0.29, 0.717) is 29.7 Å². The molecule has 0 unspecified atom stereocenters. The van der Waals surface area contributed by atoms with Gasteiger partial charge in [0.1, 0.15) is 5.75 Å². The maximum absolute atomic E-state index is 12.8. The molecule has 6 heteroatoms. The Morgan fingerprint density at radius 3 is 2.58 bits per heavy atom. The fraction of sp³-hybridized carbons (Fsp3) is 0.200. The van der Waals surface area contributed by atoms with Crippen molar-refractivity contribution < 1.29 is 9.53 Å². The van der Waals surface area contributed by atoms with Crippen LogP contribution < -0.4 is 15.0 Å². The van der Waals surface area contributed by atoms with E-state index in [1.807, 2.05) is 73.8 Å². The second kappa shape index (κ2) is 8.49. The van der Waals surface area contributed by atoms with E-state index in [-0.39, 0.29) is 6.03 Å². The molecule has 3 aromatic rings. The van der Waals surface area contributed by atoms with Gasteiger partial charge < -0.3 is 10.1 Å². The number of hydrogen-bond donors (Lipinski definition) is 1. The molecular formula is C20H21N3O2S. The number of rotatable bonds is 6. The molecule has 0 atom stereocenters. The van der Waals surface area contributed by atoms with Crippen LogP contribution in [0.15, 0.2) is 60.0 Å². The molecule has 0 saturated carbocycles. The van der Waals surface area contributed by atoms with Crippen LogP contribution in [0.5, 0.6) is 5.75 Å². The van der Waals surface area contributed by atoms with Crippen LogP contribution in [0.2, 0.25) is 0 Å². The zero-order valence-electron chi connectivity index (χ0n) is 14.8. The maximum Gasteiger partial charge on any atom is 0.328 e. The molecule has 0 spiro atoms. The largest absolute Gasteiger partial charge is 0.492 e. The lowest BCUT2D eigenvalue weighted by molar-refractivity contribution is 0.257. The Hall–Kier alpha value is -2.86. The summed E-state index contributed by atoms with van der Waals surface area (Å²) in [5.41, 5.74) is 2.55. The number of carbonyl (C=O) groups excluding carboxylic acids is 1. The van der Waals surface area contributed by atoms with Crippen LogP contribution >= 0.6 is 11.3 Å². The summed E-state index contributed by atoms with van der Waals surface area (Å²) in [6.45, 7) is 4.90. The molecule has 26 heavy (non-hydrogen) atoms. The summed E-state index contributed by atoms with van der Waals surface area (Å²) in [4.78, 5) is 19.0. The predicted octanol–water partition coefficient (Wildman–Crippen LogP) is 5.27. The van der Waals surface area contributed by atoms with Gasteiger partial charge in [0, 0.05) is 17.5 Å². The molecule has 3 rings (SSSR count). The van der Waals surface area contributed by atoms with Crippen LogP contribution in [-0.2, 0) is 0 Å². The van der Waals surface area contributed by atoms with Crippen LogP contribution in [-0.4, -0.2) is 24.2 Å². The minimum absolute atomic E-state index is 0.228. The smallest absolute Gasteiger partial charge is 0.328 e. The van der Waals surface area contributed by atoms with Gasteiger partial charge in [-0.2, -0.15) is 0 Å². The minimum atomic E-state index is -0.228. The van der Waals surface area contributed by atoms with E-state index in [1.165, 1.54) is 11.3 Å². The Labute approximate surface area is 157 Å². The van der Waals surface area contributed by atoms with Crippen molar-refractivity contribution in [3.05, 3.63) is 60.0 Å². The number of hydrogen-bond acceptors (Lipinski definition) is 4. The molecule has 1 N–H and O–H groups in total. The van der Waals surface area contributed by atoms with Gasteiger partial charge in [-0.25, -0.2) is 9.78 Å². The highest BCUT2D eigenvalue weighted by molar-refractivity contribution is 7.14. The third kappa shape index (κ3) is 4.03. The van der Waals surface area contributed by atoms with Crippen LogP contribution in [0.1, 0.15) is 13.8 Å². The van der Waals surface area contributed by atoms with Gasteiger partial charge in [0.2, 0.25) is 0 Å². The van der Waals surface area contributed by atoms with E-state index in [1.54, 1.807) is 4.90 Å². The highest BCUT2D eigenvalue weighted by Crippen LogP contribution is 2.29. The molecule has 0 bridgehead atoms. The van der Waals surface area contributed by atoms with Crippen molar-refractivity contribution in [3.63, 3.8) is 0 Å². The fourth-order valence-electron chi connectivity index (χ4n) is 2.53. The molecule has 0 aliphatic heterocycles. The number of amides is 2. The Morgan fingerprint density at radius 2 is 1.85 bits per heavy atom. The summed E-state index contributed by atoms with van der Waals surface area (Å²) in [5.74, 6) is 0.656. The number of ether oxygens (including phenoxy) is 1. The third-order valence-electron chi connectivity index (χ3n) is 3.78. The summed E-state index contributed by atoms with van der Waals surface area (Å²) in [7, 11) is 0. The number of urea groups is 1. The first-order chi connectivity index (χ1) is 12.7. The molecule has 134 valence electrons. The van der Waals surface area contributed by atoms with Gasteiger partial charge in [0.25, 0.3) is 0 Å². The highest BCUT2D eigenvalue weighted by atomic mass is 32.1. The van der Waals surface area contributed by atoms with Crippen molar-refractivity contribution in [3.8, 4) is 17.0 Å². The number of benzene rings is 2. The Kier molecular flexibility index (Phi) is 5.86. The molecule has 2 aromatic carbocycles. The van der Waals surface area contributed by atoms with Gasteiger partial charge in [-0.05, 0) is 26.0 Å². The fourth-order valence-corrected chi connectivity index (χ4v) is 3.43. The topological polar surface area (TPSA) is 54.5 Å². The second-order valence-corrected chi connectivity index (χ2v) is 6.32. The third-order valence-corrected chi connectivity index (χ3v) is 4.65. The van der Waals surface area contributed by atoms with E-state index in [9.17, 15) is 4.79 Å². The van der Waals surface area contributed by atoms with E-state index in [4.69, 9.17) is 4.74 Å². The summed E-state index contributed by atoms with van der Waals surface area (Å²) >= 11 is 1.45. The van der Waals surface area contributed by atoms with Gasteiger partial charge in [-0.15, -0.1) is 11.3 Å². The molecule has 1 heterocycles. The van der Waals surface area contributed by atoms with Gasteiger partial charge in [0.05, 0.1) is 18.0 Å². The molecule has 0 fully saturated rings. The molecule has 0 saturated heterocycles. The van der Waals surface area contributed by atoms with E-state index >= 15 is 0 Å². The summed E-state index contributed by atoms with van der Waals surface area (Å²) in [6.07, 6.45) is 0. The van der Waals surface area contributed by atoms with E-state index in [2.05, 4.69) is 10.3 Å². The Bertz CT molecular complexity index is 864. The lowest BCUT2D eigenvalue weighted by Gasteiger charge is -2.19. The van der Waals surface area contributed by atoms with Crippen molar-refractivity contribution in [2.24, 2.45) is 0 Å². The van der Waals surface area contributed by atoms with Gasteiger partial charge in [-0.1, -0.05) is 42.5 Å². The first-order valence-corrected chi connectivity index (χ1v) is 9.42. The molecule has 0 radical (unpaired) electrons. The average molecular weight is 367 g/mol. The Morgan fingerprint density at radius 1 is 1.12 bits per heavy atom. The molecule has 0 aliphatic carbocycles. The van der Waals surface area contributed by atoms with Crippen LogP contribution in [0.3, 0.4) is 0 Å². The second-order valence-electron chi connectivity index (χ2n) is 5.48. The molecule has 1 aromatic heterocycles. The molecule has 2 amide bonds. The quantitative estimate of drug-likeness (QED) is 0.646. The van der Waals surface area contributed by atoms with Crippen molar-refractivity contribution >= 4 is 28.2 Å². The van der Waals surface area contributed by atoms with Crippen molar-refractivity contribution in [2.75, 3.05) is 23.4 Å². The number of carbonyl (C=O) groups is 1. The van der Waals surface area contributed by atoms with Crippen LogP contribution in [0, 0.1) is 0 Å². The number of thiazole rings is 1. The zero-order valence-corrected chi connectivity index (χ0v) is 15.6. The normalized spacial score (nSPS) is 10.4. The van der Waals surface area contributed by atoms with Crippen molar-refractivity contribution in [1.82, 2.24) is 4.98 Å². The van der Waals surface area contributed by atoms with Gasteiger partial charge >= 0.3 is 6.03 Å². The molecular weight excluding hydrogens is 346 g/mol. The van der Waals surface area contributed by atoms with Crippen molar-refractivity contribution in [1.29, 1.82) is 0 Å². The number of anilines is 2. The number of nitrogens with one attached hydrogen (secondary N) is 1.